The first-order valence-corrected chi connectivity index (χ1v) is 7.58. The van der Waals surface area contributed by atoms with Crippen molar-refractivity contribution in [1.82, 2.24) is 10.2 Å². The number of hydrogen-bond acceptors (Lipinski definition) is 5. The monoisotopic (exact) mass is 307 g/mol. The third-order valence-corrected chi connectivity index (χ3v) is 3.33. The summed E-state index contributed by atoms with van der Waals surface area (Å²) in [4.78, 5) is 14.2. The number of rotatable bonds is 3. The van der Waals surface area contributed by atoms with Gasteiger partial charge in [-0.1, -0.05) is 0 Å². The van der Waals surface area contributed by atoms with Crippen LogP contribution in [0.15, 0.2) is 18.2 Å². The summed E-state index contributed by atoms with van der Waals surface area (Å²) >= 11 is 0. The molecule has 1 aliphatic rings. The molecule has 1 fully saturated rings. The number of nitrogens with one attached hydrogen (secondary N) is 2. The van der Waals surface area contributed by atoms with Crippen LogP contribution in [0.2, 0.25) is 0 Å². The van der Waals surface area contributed by atoms with Gasteiger partial charge in [-0.25, -0.2) is 4.79 Å². The molecule has 0 atom stereocenters. The van der Waals surface area contributed by atoms with E-state index in [4.69, 9.17) is 4.74 Å². The first kappa shape index (κ1) is 16.6. The van der Waals surface area contributed by atoms with Crippen molar-refractivity contribution in [3.63, 3.8) is 0 Å². The van der Waals surface area contributed by atoms with E-state index in [9.17, 15) is 9.90 Å². The van der Waals surface area contributed by atoms with Crippen molar-refractivity contribution >= 4 is 11.8 Å². The van der Waals surface area contributed by atoms with Gasteiger partial charge in [0.1, 0.15) is 11.4 Å². The Labute approximate surface area is 131 Å². The van der Waals surface area contributed by atoms with Crippen LogP contribution in [0.1, 0.15) is 26.3 Å². The highest BCUT2D eigenvalue weighted by molar-refractivity contribution is 5.86. The second-order valence-corrected chi connectivity index (χ2v) is 6.49. The molecule has 0 spiro atoms. The Morgan fingerprint density at radius 3 is 2.68 bits per heavy atom. The number of benzene rings is 1. The molecule has 1 amide bonds. The lowest BCUT2D eigenvalue weighted by Crippen LogP contribution is -2.43. The van der Waals surface area contributed by atoms with Crippen LogP contribution in [0.5, 0.6) is 5.75 Å². The van der Waals surface area contributed by atoms with Crippen molar-refractivity contribution in [2.24, 2.45) is 0 Å². The summed E-state index contributed by atoms with van der Waals surface area (Å²) in [5.74, 6) is 0.194. The summed E-state index contributed by atoms with van der Waals surface area (Å²) in [5, 5.41) is 15.8. The molecule has 0 radical (unpaired) electrons. The topological polar surface area (TPSA) is 73.8 Å². The molecule has 1 saturated heterocycles. The van der Waals surface area contributed by atoms with E-state index >= 15 is 0 Å². The van der Waals surface area contributed by atoms with E-state index in [2.05, 4.69) is 15.5 Å². The number of anilines is 1. The summed E-state index contributed by atoms with van der Waals surface area (Å²) in [6, 6.07) is 4.96. The largest absolute Gasteiger partial charge is 0.508 e. The molecular formula is C16H25N3O3. The van der Waals surface area contributed by atoms with Gasteiger partial charge < -0.3 is 15.2 Å². The number of aromatic hydroxyl groups is 1. The lowest BCUT2D eigenvalue weighted by atomic mass is 10.1. The van der Waals surface area contributed by atoms with E-state index < -0.39 is 11.7 Å². The summed E-state index contributed by atoms with van der Waals surface area (Å²) < 4.78 is 5.28. The number of amides is 1. The van der Waals surface area contributed by atoms with E-state index in [1.807, 2.05) is 20.8 Å². The van der Waals surface area contributed by atoms with Gasteiger partial charge in [-0.2, -0.15) is 0 Å². The fraction of sp³-hybridized carbons (Fsp3) is 0.562. The van der Waals surface area contributed by atoms with E-state index in [0.29, 0.717) is 12.2 Å². The molecule has 0 unspecified atom stereocenters. The van der Waals surface area contributed by atoms with E-state index in [1.54, 1.807) is 18.2 Å². The quantitative estimate of drug-likeness (QED) is 0.746. The first-order valence-electron chi connectivity index (χ1n) is 7.58. The smallest absolute Gasteiger partial charge is 0.412 e. The molecule has 2 rings (SSSR count). The average Bonchev–Trinajstić information content (AvgIpc) is 2.41. The zero-order chi connectivity index (χ0) is 16.2. The van der Waals surface area contributed by atoms with Gasteiger partial charge in [0, 0.05) is 38.4 Å². The molecule has 6 heteroatoms. The average molecular weight is 307 g/mol. The van der Waals surface area contributed by atoms with Crippen molar-refractivity contribution in [2.75, 3.05) is 31.5 Å². The highest BCUT2D eigenvalue weighted by Gasteiger charge is 2.18. The SMILES string of the molecule is CC(C)(C)OC(=O)Nc1ccc(O)cc1CN1CCNCC1. The highest BCUT2D eigenvalue weighted by atomic mass is 16.6. The van der Waals surface area contributed by atoms with Gasteiger partial charge >= 0.3 is 6.09 Å². The van der Waals surface area contributed by atoms with Crippen LogP contribution in [0.3, 0.4) is 0 Å². The Kier molecular flexibility index (Phi) is 5.26. The third-order valence-electron chi connectivity index (χ3n) is 3.33. The lowest BCUT2D eigenvalue weighted by Gasteiger charge is -2.28. The van der Waals surface area contributed by atoms with Gasteiger partial charge in [-0.15, -0.1) is 0 Å². The molecule has 1 aromatic carbocycles. The number of phenolic OH excluding ortho intramolecular Hbond substituents is 1. The maximum absolute atomic E-state index is 11.9. The van der Waals surface area contributed by atoms with E-state index in [0.717, 1.165) is 31.7 Å². The molecule has 0 saturated carbocycles. The number of carbonyl (C=O) groups excluding carboxylic acids is 1. The van der Waals surface area contributed by atoms with Crippen LogP contribution in [0.4, 0.5) is 10.5 Å². The molecule has 22 heavy (non-hydrogen) atoms. The van der Waals surface area contributed by atoms with Gasteiger partial charge in [0.25, 0.3) is 0 Å². The lowest BCUT2D eigenvalue weighted by molar-refractivity contribution is 0.0635. The van der Waals surface area contributed by atoms with E-state index in [-0.39, 0.29) is 5.75 Å². The molecule has 1 aromatic rings. The van der Waals surface area contributed by atoms with E-state index in [1.165, 1.54) is 0 Å². The minimum absolute atomic E-state index is 0.194. The van der Waals surface area contributed by atoms with Crippen LogP contribution >= 0.6 is 0 Å². The molecule has 0 aliphatic carbocycles. The summed E-state index contributed by atoms with van der Waals surface area (Å²) in [7, 11) is 0. The van der Waals surface area contributed by atoms with Crippen molar-refractivity contribution in [1.29, 1.82) is 0 Å². The Hall–Kier alpha value is -1.79. The first-order chi connectivity index (χ1) is 10.3. The Morgan fingerprint density at radius 2 is 2.05 bits per heavy atom. The van der Waals surface area contributed by atoms with Gasteiger partial charge in [0.2, 0.25) is 0 Å². The Balaban J connectivity index is 2.08. The standard InChI is InChI=1S/C16H25N3O3/c1-16(2,3)22-15(21)18-14-5-4-13(20)10-12(14)11-19-8-6-17-7-9-19/h4-5,10,17,20H,6-9,11H2,1-3H3,(H,18,21). The van der Waals surface area contributed by atoms with Crippen molar-refractivity contribution in [2.45, 2.75) is 32.9 Å². The van der Waals surface area contributed by atoms with Crippen molar-refractivity contribution < 1.29 is 14.6 Å². The minimum atomic E-state index is -0.542. The van der Waals surface area contributed by atoms with Crippen LogP contribution in [0.25, 0.3) is 0 Å². The van der Waals surface area contributed by atoms with Crippen LogP contribution in [-0.2, 0) is 11.3 Å². The second-order valence-electron chi connectivity index (χ2n) is 6.49. The Bertz CT molecular complexity index is 520. The second kappa shape index (κ2) is 6.98. The molecule has 0 bridgehead atoms. The van der Waals surface area contributed by atoms with Crippen molar-refractivity contribution in [3.05, 3.63) is 23.8 Å². The normalized spacial score (nSPS) is 16.3. The van der Waals surface area contributed by atoms with Crippen LogP contribution < -0.4 is 10.6 Å². The highest BCUT2D eigenvalue weighted by Crippen LogP contribution is 2.24. The number of nitrogens with zero attached hydrogens (tertiary/aromatic N) is 1. The number of hydrogen-bond donors (Lipinski definition) is 3. The summed E-state index contributed by atoms with van der Waals surface area (Å²) in [6.45, 7) is 9.95. The predicted molar refractivity (Wildman–Crippen MR) is 86.1 cm³/mol. The Morgan fingerprint density at radius 1 is 1.36 bits per heavy atom. The van der Waals surface area contributed by atoms with Crippen molar-refractivity contribution in [3.8, 4) is 5.75 Å². The third kappa shape index (κ3) is 5.20. The molecule has 1 aliphatic heterocycles. The maximum atomic E-state index is 11.9. The number of ether oxygens (including phenoxy) is 1. The molecule has 6 nitrogen and oxygen atoms in total. The minimum Gasteiger partial charge on any atom is -0.508 e. The van der Waals surface area contributed by atoms with Gasteiger partial charge in [0.15, 0.2) is 0 Å². The zero-order valence-corrected chi connectivity index (χ0v) is 13.5. The maximum Gasteiger partial charge on any atom is 0.412 e. The summed E-state index contributed by atoms with van der Waals surface area (Å²) in [5.41, 5.74) is 1.01. The zero-order valence-electron chi connectivity index (χ0n) is 13.5. The fourth-order valence-electron chi connectivity index (χ4n) is 2.36. The molecule has 0 aromatic heterocycles. The number of phenols is 1. The summed E-state index contributed by atoms with van der Waals surface area (Å²) in [6.07, 6.45) is -0.486. The number of carbonyl (C=O) groups is 1. The predicted octanol–water partition coefficient (Wildman–Crippen LogP) is 2.14. The van der Waals surface area contributed by atoms with Gasteiger partial charge in [0.05, 0.1) is 0 Å². The molecular weight excluding hydrogens is 282 g/mol. The van der Waals surface area contributed by atoms with Crippen LogP contribution in [0, 0.1) is 0 Å². The molecule has 1 heterocycles. The molecule has 122 valence electrons. The fourth-order valence-corrected chi connectivity index (χ4v) is 2.36. The van der Waals surface area contributed by atoms with Gasteiger partial charge in [-0.05, 0) is 44.5 Å². The van der Waals surface area contributed by atoms with Gasteiger partial charge in [-0.3, -0.25) is 10.2 Å². The number of piperazine rings is 1. The molecule has 3 N–H and O–H groups in total. The van der Waals surface area contributed by atoms with Crippen LogP contribution in [-0.4, -0.2) is 47.9 Å².